The van der Waals surface area contributed by atoms with E-state index in [2.05, 4.69) is 24.0 Å². The number of benzene rings is 1. The summed E-state index contributed by atoms with van der Waals surface area (Å²) in [4.78, 5) is 18.4. The van der Waals surface area contributed by atoms with Crippen molar-refractivity contribution in [1.82, 2.24) is 9.88 Å². The van der Waals surface area contributed by atoms with E-state index in [9.17, 15) is 10.1 Å². The van der Waals surface area contributed by atoms with E-state index in [4.69, 9.17) is 9.47 Å². The molecule has 1 unspecified atom stereocenters. The number of nitriles is 1. The Morgan fingerprint density at radius 3 is 2.46 bits per heavy atom. The zero-order chi connectivity index (χ0) is 21.1. The van der Waals surface area contributed by atoms with Crippen molar-refractivity contribution in [3.8, 4) is 11.9 Å². The third-order valence-corrected chi connectivity index (χ3v) is 4.57. The van der Waals surface area contributed by atoms with Gasteiger partial charge in [-0.2, -0.15) is 5.26 Å². The van der Waals surface area contributed by atoms with Crippen LogP contribution in [0.25, 0.3) is 10.9 Å². The number of ether oxygens (including phenoxy) is 2. The zero-order valence-corrected chi connectivity index (χ0v) is 17.8. The van der Waals surface area contributed by atoms with Gasteiger partial charge in [-0.25, -0.2) is 9.78 Å². The van der Waals surface area contributed by atoms with Gasteiger partial charge < -0.3 is 14.4 Å². The second-order valence-electron chi connectivity index (χ2n) is 8.20. The summed E-state index contributed by atoms with van der Waals surface area (Å²) in [5, 5.41) is 10.9. The number of rotatable bonds is 5. The number of carbonyl (C=O) groups is 1. The normalized spacial score (nSPS) is 13.5. The van der Waals surface area contributed by atoms with Crippen LogP contribution in [0.5, 0.6) is 5.88 Å². The predicted octanol–water partition coefficient (Wildman–Crippen LogP) is 4.45. The highest BCUT2D eigenvalue weighted by atomic mass is 16.6. The minimum absolute atomic E-state index is 0.202. The molecule has 0 fully saturated rings. The van der Waals surface area contributed by atoms with Crippen molar-refractivity contribution in [3.63, 3.8) is 0 Å². The fraction of sp³-hybridized carbons (Fsp3) is 0.500. The summed E-state index contributed by atoms with van der Waals surface area (Å²) in [5.41, 5.74) is 1.09. The molecule has 1 atom stereocenters. The van der Waals surface area contributed by atoms with Gasteiger partial charge in [0.25, 0.3) is 0 Å². The molecular weight excluding hydrogens is 354 g/mol. The average molecular weight is 383 g/mol. The van der Waals surface area contributed by atoms with Gasteiger partial charge >= 0.3 is 6.09 Å². The first kappa shape index (κ1) is 21.5. The molecule has 1 amide bonds. The molecule has 0 aliphatic heterocycles. The Hall–Kier alpha value is -2.81. The van der Waals surface area contributed by atoms with Crippen LogP contribution in [0, 0.1) is 11.3 Å². The van der Waals surface area contributed by atoms with Gasteiger partial charge in [0.15, 0.2) is 0 Å². The van der Waals surface area contributed by atoms with E-state index >= 15 is 0 Å². The van der Waals surface area contributed by atoms with Crippen LogP contribution < -0.4 is 4.74 Å². The first-order chi connectivity index (χ1) is 13.0. The molecule has 0 aliphatic rings. The van der Waals surface area contributed by atoms with Crippen molar-refractivity contribution in [3.05, 3.63) is 35.4 Å². The lowest BCUT2D eigenvalue weighted by molar-refractivity contribution is 0.0277. The second-order valence-corrected chi connectivity index (χ2v) is 8.20. The molecule has 1 aromatic heterocycles. The SMILES string of the molecule is CCc1cc2ccc(C(C)(C#N)CN(C)C(=O)OC(C)(C)C)cc2nc1OC. The highest BCUT2D eigenvalue weighted by Crippen LogP contribution is 2.30. The number of amides is 1. The molecule has 0 spiro atoms. The first-order valence-corrected chi connectivity index (χ1v) is 9.36. The largest absolute Gasteiger partial charge is 0.481 e. The quantitative estimate of drug-likeness (QED) is 0.762. The van der Waals surface area contributed by atoms with Crippen molar-refractivity contribution in [2.24, 2.45) is 0 Å². The zero-order valence-electron chi connectivity index (χ0n) is 17.8. The molecule has 2 rings (SSSR count). The molecule has 2 aromatic rings. The molecule has 28 heavy (non-hydrogen) atoms. The van der Waals surface area contributed by atoms with E-state index in [1.165, 1.54) is 4.90 Å². The van der Waals surface area contributed by atoms with Gasteiger partial charge in [0.05, 0.1) is 24.1 Å². The molecule has 0 saturated carbocycles. The van der Waals surface area contributed by atoms with Crippen LogP contribution in [-0.2, 0) is 16.6 Å². The average Bonchev–Trinajstić information content (AvgIpc) is 2.64. The van der Waals surface area contributed by atoms with Gasteiger partial charge in [0.2, 0.25) is 5.88 Å². The van der Waals surface area contributed by atoms with Crippen molar-refractivity contribution >= 4 is 17.0 Å². The summed E-state index contributed by atoms with van der Waals surface area (Å²) in [6.07, 6.45) is 0.368. The molecule has 0 aliphatic carbocycles. The predicted molar refractivity (Wildman–Crippen MR) is 110 cm³/mol. The fourth-order valence-corrected chi connectivity index (χ4v) is 3.04. The van der Waals surface area contributed by atoms with Crippen LogP contribution >= 0.6 is 0 Å². The van der Waals surface area contributed by atoms with E-state index in [-0.39, 0.29) is 6.54 Å². The highest BCUT2D eigenvalue weighted by molar-refractivity contribution is 5.81. The molecule has 150 valence electrons. The number of hydrogen-bond donors (Lipinski definition) is 0. The Kier molecular flexibility index (Phi) is 6.18. The Labute approximate surface area is 167 Å². The number of aromatic nitrogens is 1. The smallest absolute Gasteiger partial charge is 0.410 e. The first-order valence-electron chi connectivity index (χ1n) is 9.36. The molecule has 0 radical (unpaired) electrons. The van der Waals surface area contributed by atoms with E-state index in [0.29, 0.717) is 5.88 Å². The Morgan fingerprint density at radius 2 is 1.93 bits per heavy atom. The van der Waals surface area contributed by atoms with Crippen molar-refractivity contribution in [2.45, 2.75) is 52.1 Å². The number of carbonyl (C=O) groups excluding carboxylic acids is 1. The van der Waals surface area contributed by atoms with E-state index in [1.54, 1.807) is 14.2 Å². The Balaban J connectivity index is 2.38. The molecular formula is C22H29N3O3. The number of likely N-dealkylation sites (N-methyl/N-ethyl adjacent to an activating group) is 1. The van der Waals surface area contributed by atoms with Crippen LogP contribution in [0.1, 0.15) is 45.7 Å². The van der Waals surface area contributed by atoms with Crippen LogP contribution in [-0.4, -0.2) is 42.3 Å². The van der Waals surface area contributed by atoms with Crippen molar-refractivity contribution in [2.75, 3.05) is 20.7 Å². The molecule has 0 N–H and O–H groups in total. The third-order valence-electron chi connectivity index (χ3n) is 4.57. The number of methoxy groups -OCH3 is 1. The monoisotopic (exact) mass is 383 g/mol. The van der Waals surface area contributed by atoms with Crippen molar-refractivity contribution < 1.29 is 14.3 Å². The van der Waals surface area contributed by atoms with Gasteiger partial charge in [0, 0.05) is 24.5 Å². The minimum Gasteiger partial charge on any atom is -0.481 e. The van der Waals surface area contributed by atoms with E-state index in [0.717, 1.165) is 28.5 Å². The van der Waals surface area contributed by atoms with Crippen LogP contribution in [0.4, 0.5) is 4.79 Å². The Morgan fingerprint density at radius 1 is 1.25 bits per heavy atom. The molecule has 0 bridgehead atoms. The molecule has 1 aromatic carbocycles. The number of fused-ring (bicyclic) bond motifs is 1. The number of hydrogen-bond acceptors (Lipinski definition) is 5. The highest BCUT2D eigenvalue weighted by Gasteiger charge is 2.32. The van der Waals surface area contributed by atoms with Crippen LogP contribution in [0.3, 0.4) is 0 Å². The number of nitrogens with zero attached hydrogens (tertiary/aromatic N) is 3. The lowest BCUT2D eigenvalue weighted by Gasteiger charge is -2.30. The molecule has 6 heteroatoms. The maximum atomic E-state index is 12.3. The lowest BCUT2D eigenvalue weighted by Crippen LogP contribution is -2.41. The van der Waals surface area contributed by atoms with Crippen molar-refractivity contribution in [1.29, 1.82) is 5.26 Å². The summed E-state index contributed by atoms with van der Waals surface area (Å²) >= 11 is 0. The number of pyridine rings is 1. The topological polar surface area (TPSA) is 75.5 Å². The van der Waals surface area contributed by atoms with Gasteiger partial charge in [-0.3, -0.25) is 0 Å². The van der Waals surface area contributed by atoms with E-state index in [1.807, 2.05) is 45.9 Å². The number of aryl methyl sites for hydroxylation is 1. The van der Waals surface area contributed by atoms with Crippen LogP contribution in [0.15, 0.2) is 24.3 Å². The van der Waals surface area contributed by atoms with Gasteiger partial charge in [-0.15, -0.1) is 0 Å². The molecule has 1 heterocycles. The van der Waals surface area contributed by atoms with Gasteiger partial charge in [-0.05, 0) is 51.8 Å². The van der Waals surface area contributed by atoms with Crippen LogP contribution in [0.2, 0.25) is 0 Å². The minimum atomic E-state index is -0.905. The summed E-state index contributed by atoms with van der Waals surface area (Å²) in [6.45, 7) is 9.51. The summed E-state index contributed by atoms with van der Waals surface area (Å²) < 4.78 is 10.8. The molecule has 0 saturated heterocycles. The second kappa shape index (κ2) is 8.05. The lowest BCUT2D eigenvalue weighted by atomic mass is 9.83. The third kappa shape index (κ3) is 4.72. The summed E-state index contributed by atoms with van der Waals surface area (Å²) in [5.74, 6) is 0.594. The standard InChI is InChI=1S/C22H29N3O3/c1-8-15-11-16-9-10-17(12-18(16)24-19(15)27-7)22(5,13-23)14-25(6)20(26)28-21(2,3)4/h9-12H,8,14H2,1-7H3. The van der Waals surface area contributed by atoms with E-state index < -0.39 is 17.1 Å². The maximum Gasteiger partial charge on any atom is 0.410 e. The summed E-state index contributed by atoms with van der Waals surface area (Å²) in [7, 11) is 3.24. The maximum absolute atomic E-state index is 12.3. The summed E-state index contributed by atoms with van der Waals surface area (Å²) in [6, 6.07) is 10.2. The fourth-order valence-electron chi connectivity index (χ4n) is 3.04. The van der Waals surface area contributed by atoms with Gasteiger partial charge in [0.1, 0.15) is 5.60 Å². The molecule has 6 nitrogen and oxygen atoms in total. The Bertz CT molecular complexity index is 912. The van der Waals surface area contributed by atoms with Gasteiger partial charge in [-0.1, -0.05) is 19.1 Å².